The van der Waals surface area contributed by atoms with Crippen LogP contribution in [0.15, 0.2) is 23.0 Å². The Morgan fingerprint density at radius 1 is 1.17 bits per heavy atom. The Kier molecular flexibility index (Phi) is 3.48. The van der Waals surface area contributed by atoms with Gasteiger partial charge in [-0.25, -0.2) is 0 Å². The van der Waals surface area contributed by atoms with Crippen molar-refractivity contribution >= 4 is 22.5 Å². The molecule has 0 radical (unpaired) electrons. The lowest BCUT2D eigenvalue weighted by Crippen LogP contribution is -2.20. The molecule has 0 unspecified atom stereocenters. The normalized spacial score (nSPS) is 10.7. The van der Waals surface area contributed by atoms with Crippen LogP contribution in [0.3, 0.4) is 0 Å². The summed E-state index contributed by atoms with van der Waals surface area (Å²) in [4.78, 5) is 12.0. The van der Waals surface area contributed by atoms with Gasteiger partial charge >= 0.3 is 0 Å². The first-order chi connectivity index (χ1) is 8.62. The highest BCUT2D eigenvalue weighted by atomic mass is 35.5. The van der Waals surface area contributed by atoms with Gasteiger partial charge in [0.05, 0.1) is 25.6 Å². The standard InChI is InChI=1S/C13H14ClNO3/c1-15-10-6-12(18-3)11(17-2)5-8(10)4-9(7-14)13(15)16/h4-6H,7H2,1-3H3. The molecule has 0 spiro atoms. The first kappa shape index (κ1) is 12.8. The number of hydrogen-bond acceptors (Lipinski definition) is 3. The van der Waals surface area contributed by atoms with Gasteiger partial charge in [0.1, 0.15) is 0 Å². The van der Waals surface area contributed by atoms with E-state index in [0.717, 1.165) is 10.9 Å². The molecule has 0 aliphatic carbocycles. The van der Waals surface area contributed by atoms with Crippen LogP contribution in [0.2, 0.25) is 0 Å². The number of methoxy groups -OCH3 is 2. The van der Waals surface area contributed by atoms with Crippen LogP contribution in [0.5, 0.6) is 11.5 Å². The second kappa shape index (κ2) is 4.90. The third kappa shape index (κ3) is 1.93. The van der Waals surface area contributed by atoms with E-state index in [4.69, 9.17) is 21.1 Å². The second-order valence-corrected chi connectivity index (χ2v) is 4.20. The van der Waals surface area contributed by atoms with E-state index in [0.29, 0.717) is 17.1 Å². The van der Waals surface area contributed by atoms with Crippen molar-refractivity contribution in [2.45, 2.75) is 5.88 Å². The second-order valence-electron chi connectivity index (χ2n) is 3.93. The minimum atomic E-state index is -0.0929. The monoisotopic (exact) mass is 267 g/mol. The summed E-state index contributed by atoms with van der Waals surface area (Å²) < 4.78 is 12.0. The van der Waals surface area contributed by atoms with Crippen LogP contribution in [0.4, 0.5) is 0 Å². The van der Waals surface area contributed by atoms with Gasteiger partial charge in [0.15, 0.2) is 11.5 Å². The Morgan fingerprint density at radius 2 is 1.78 bits per heavy atom. The van der Waals surface area contributed by atoms with Crippen LogP contribution in [-0.4, -0.2) is 18.8 Å². The summed E-state index contributed by atoms with van der Waals surface area (Å²) in [6.45, 7) is 0. The van der Waals surface area contributed by atoms with Crippen molar-refractivity contribution < 1.29 is 9.47 Å². The number of benzene rings is 1. The minimum absolute atomic E-state index is 0.0929. The van der Waals surface area contributed by atoms with Crippen LogP contribution >= 0.6 is 11.6 Å². The fourth-order valence-corrected chi connectivity index (χ4v) is 2.15. The van der Waals surface area contributed by atoms with E-state index in [1.165, 1.54) is 0 Å². The van der Waals surface area contributed by atoms with Crippen LogP contribution in [-0.2, 0) is 12.9 Å². The average molecular weight is 268 g/mol. The molecule has 1 aromatic heterocycles. The van der Waals surface area contributed by atoms with Crippen molar-refractivity contribution in [2.75, 3.05) is 14.2 Å². The van der Waals surface area contributed by atoms with Crippen LogP contribution in [0.25, 0.3) is 10.9 Å². The predicted octanol–water partition coefficient (Wildman–Crippen LogP) is 2.29. The first-order valence-corrected chi connectivity index (χ1v) is 5.96. The lowest BCUT2D eigenvalue weighted by Gasteiger charge is -2.12. The molecule has 0 atom stereocenters. The average Bonchev–Trinajstić information content (AvgIpc) is 2.41. The summed E-state index contributed by atoms with van der Waals surface area (Å²) in [7, 11) is 4.86. The van der Waals surface area contributed by atoms with Gasteiger partial charge in [-0.3, -0.25) is 4.79 Å². The number of nitrogens with zero attached hydrogens (tertiary/aromatic N) is 1. The summed E-state index contributed by atoms with van der Waals surface area (Å²) in [6.07, 6.45) is 0. The third-order valence-electron chi connectivity index (χ3n) is 2.95. The van der Waals surface area contributed by atoms with Crippen LogP contribution < -0.4 is 15.0 Å². The molecular formula is C13H14ClNO3. The first-order valence-electron chi connectivity index (χ1n) is 5.43. The number of halogens is 1. The van der Waals surface area contributed by atoms with Crippen molar-refractivity contribution in [1.82, 2.24) is 4.57 Å². The third-order valence-corrected chi connectivity index (χ3v) is 3.24. The quantitative estimate of drug-likeness (QED) is 0.801. The maximum Gasteiger partial charge on any atom is 0.255 e. The van der Waals surface area contributed by atoms with Crippen molar-refractivity contribution in [3.8, 4) is 11.5 Å². The van der Waals surface area contributed by atoms with Gasteiger partial charge in [-0.2, -0.15) is 0 Å². The Balaban J connectivity index is 2.85. The van der Waals surface area contributed by atoms with E-state index in [1.807, 2.05) is 6.07 Å². The molecular weight excluding hydrogens is 254 g/mol. The number of fused-ring (bicyclic) bond motifs is 1. The largest absolute Gasteiger partial charge is 0.493 e. The highest BCUT2D eigenvalue weighted by molar-refractivity contribution is 6.17. The molecule has 0 amide bonds. The van der Waals surface area contributed by atoms with E-state index in [9.17, 15) is 4.79 Å². The van der Waals surface area contributed by atoms with E-state index < -0.39 is 0 Å². The SMILES string of the molecule is COc1cc2cc(CCl)c(=O)n(C)c2cc1OC. The Labute approximate surface area is 110 Å². The number of ether oxygens (including phenoxy) is 2. The molecule has 1 aromatic carbocycles. The molecule has 0 aliphatic rings. The summed E-state index contributed by atoms with van der Waals surface area (Å²) in [5, 5.41) is 0.894. The molecule has 4 nitrogen and oxygen atoms in total. The van der Waals surface area contributed by atoms with E-state index in [1.54, 1.807) is 38.0 Å². The number of rotatable bonds is 3. The van der Waals surface area contributed by atoms with Crippen molar-refractivity contribution in [3.63, 3.8) is 0 Å². The molecule has 18 heavy (non-hydrogen) atoms. The van der Waals surface area contributed by atoms with Gasteiger partial charge in [0.2, 0.25) is 0 Å². The number of pyridine rings is 1. The summed E-state index contributed by atoms with van der Waals surface area (Å²) in [5.74, 6) is 1.42. The zero-order chi connectivity index (χ0) is 13.3. The molecule has 2 aromatic rings. The van der Waals surface area contributed by atoms with Crippen LogP contribution in [0, 0.1) is 0 Å². The van der Waals surface area contributed by atoms with Gasteiger partial charge in [-0.1, -0.05) is 0 Å². The Bertz CT molecular complexity index is 649. The number of aryl methyl sites for hydroxylation is 1. The zero-order valence-electron chi connectivity index (χ0n) is 10.5. The van der Waals surface area contributed by atoms with Gasteiger partial charge < -0.3 is 14.0 Å². The molecule has 0 fully saturated rings. The maximum absolute atomic E-state index is 12.0. The Morgan fingerprint density at radius 3 is 2.33 bits per heavy atom. The van der Waals surface area contributed by atoms with E-state index in [-0.39, 0.29) is 11.4 Å². The number of hydrogen-bond donors (Lipinski definition) is 0. The highest BCUT2D eigenvalue weighted by Crippen LogP contribution is 2.31. The van der Waals surface area contributed by atoms with Crippen molar-refractivity contribution in [1.29, 1.82) is 0 Å². The number of alkyl halides is 1. The fraction of sp³-hybridized carbons (Fsp3) is 0.308. The fourth-order valence-electron chi connectivity index (χ4n) is 1.96. The maximum atomic E-state index is 12.0. The van der Waals surface area contributed by atoms with Gasteiger partial charge in [-0.15, -0.1) is 11.6 Å². The van der Waals surface area contributed by atoms with Gasteiger partial charge in [0.25, 0.3) is 5.56 Å². The van der Waals surface area contributed by atoms with Crippen molar-refractivity contribution in [2.24, 2.45) is 7.05 Å². The number of aromatic nitrogens is 1. The molecule has 0 saturated heterocycles. The van der Waals surface area contributed by atoms with Crippen molar-refractivity contribution in [3.05, 3.63) is 34.1 Å². The molecule has 96 valence electrons. The molecule has 0 aliphatic heterocycles. The van der Waals surface area contributed by atoms with E-state index >= 15 is 0 Å². The molecule has 1 heterocycles. The molecule has 2 rings (SSSR count). The molecule has 5 heteroatoms. The summed E-state index contributed by atoms with van der Waals surface area (Å²) in [5.41, 5.74) is 1.26. The summed E-state index contributed by atoms with van der Waals surface area (Å²) in [6, 6.07) is 5.41. The van der Waals surface area contributed by atoms with Crippen LogP contribution in [0.1, 0.15) is 5.56 Å². The Hall–Kier alpha value is -1.68. The smallest absolute Gasteiger partial charge is 0.255 e. The molecule has 0 N–H and O–H groups in total. The predicted molar refractivity (Wildman–Crippen MR) is 71.9 cm³/mol. The molecule has 0 saturated carbocycles. The van der Waals surface area contributed by atoms with Gasteiger partial charge in [0, 0.05) is 24.1 Å². The zero-order valence-corrected chi connectivity index (χ0v) is 11.2. The minimum Gasteiger partial charge on any atom is -0.493 e. The van der Waals surface area contributed by atoms with Gasteiger partial charge in [-0.05, 0) is 12.1 Å². The summed E-state index contributed by atoms with van der Waals surface area (Å²) >= 11 is 5.77. The highest BCUT2D eigenvalue weighted by Gasteiger charge is 2.11. The van der Waals surface area contributed by atoms with E-state index in [2.05, 4.69) is 0 Å². The lowest BCUT2D eigenvalue weighted by molar-refractivity contribution is 0.355. The molecule has 0 bridgehead atoms. The topological polar surface area (TPSA) is 40.5 Å². The lowest BCUT2D eigenvalue weighted by atomic mass is 10.1.